The standard InChI is InChI=1S/C12H14N2O3/c1-13-8-2-4-9(5-3-8)14-10(12(16)17)6-7-11(14)15/h2-5,10,13H,6-7H2,1H3,(H,16,17). The second-order valence-electron chi connectivity index (χ2n) is 3.95. The number of carbonyl (C=O) groups excluding carboxylic acids is 1. The van der Waals surface area contributed by atoms with Crippen LogP contribution in [0, 0.1) is 0 Å². The highest BCUT2D eigenvalue weighted by Gasteiger charge is 2.36. The highest BCUT2D eigenvalue weighted by Crippen LogP contribution is 2.27. The Kier molecular flexibility index (Phi) is 2.99. The lowest BCUT2D eigenvalue weighted by Crippen LogP contribution is -2.38. The number of carbonyl (C=O) groups is 2. The van der Waals surface area contributed by atoms with Gasteiger partial charge in [-0.15, -0.1) is 0 Å². The summed E-state index contributed by atoms with van der Waals surface area (Å²) in [6, 6.07) is 6.42. The van der Waals surface area contributed by atoms with Crippen molar-refractivity contribution in [1.29, 1.82) is 0 Å². The van der Waals surface area contributed by atoms with E-state index in [1.54, 1.807) is 19.2 Å². The third-order valence-electron chi connectivity index (χ3n) is 2.93. The van der Waals surface area contributed by atoms with Gasteiger partial charge in [-0.3, -0.25) is 9.69 Å². The molecule has 1 atom stereocenters. The molecule has 1 aromatic rings. The quantitative estimate of drug-likeness (QED) is 0.827. The van der Waals surface area contributed by atoms with Gasteiger partial charge in [0.1, 0.15) is 6.04 Å². The highest BCUT2D eigenvalue weighted by molar-refractivity contribution is 6.02. The maximum Gasteiger partial charge on any atom is 0.326 e. The second-order valence-corrected chi connectivity index (χ2v) is 3.95. The summed E-state index contributed by atoms with van der Waals surface area (Å²) in [6.45, 7) is 0. The maximum atomic E-state index is 11.7. The van der Waals surface area contributed by atoms with Crippen molar-refractivity contribution in [3.05, 3.63) is 24.3 Å². The van der Waals surface area contributed by atoms with E-state index >= 15 is 0 Å². The molecule has 2 rings (SSSR count). The third-order valence-corrected chi connectivity index (χ3v) is 2.93. The van der Waals surface area contributed by atoms with Crippen molar-refractivity contribution in [3.63, 3.8) is 0 Å². The molecule has 1 aliphatic heterocycles. The molecular formula is C12H14N2O3. The van der Waals surface area contributed by atoms with Crippen molar-refractivity contribution in [2.24, 2.45) is 0 Å². The summed E-state index contributed by atoms with van der Waals surface area (Å²) in [5.41, 5.74) is 1.56. The summed E-state index contributed by atoms with van der Waals surface area (Å²) in [5.74, 6) is -1.08. The molecule has 5 heteroatoms. The fraction of sp³-hybridized carbons (Fsp3) is 0.333. The molecule has 1 amide bonds. The van der Waals surface area contributed by atoms with Gasteiger partial charge in [-0.25, -0.2) is 4.79 Å². The molecule has 90 valence electrons. The molecule has 1 fully saturated rings. The lowest BCUT2D eigenvalue weighted by atomic mass is 10.2. The number of anilines is 2. The average Bonchev–Trinajstić information content (AvgIpc) is 2.71. The van der Waals surface area contributed by atoms with Crippen molar-refractivity contribution in [2.75, 3.05) is 17.3 Å². The summed E-state index contributed by atoms with van der Waals surface area (Å²) in [6.07, 6.45) is 0.673. The molecule has 0 aromatic heterocycles. The molecule has 1 saturated heterocycles. The van der Waals surface area contributed by atoms with Crippen LogP contribution in [0.25, 0.3) is 0 Å². The summed E-state index contributed by atoms with van der Waals surface area (Å²) < 4.78 is 0. The van der Waals surface area contributed by atoms with Crippen LogP contribution >= 0.6 is 0 Å². The van der Waals surface area contributed by atoms with Crippen molar-refractivity contribution in [3.8, 4) is 0 Å². The third kappa shape index (κ3) is 2.08. The SMILES string of the molecule is CNc1ccc(N2C(=O)CCC2C(=O)O)cc1. The number of carboxylic acids is 1. The Hall–Kier alpha value is -2.04. The van der Waals surface area contributed by atoms with Crippen LogP contribution < -0.4 is 10.2 Å². The van der Waals surface area contributed by atoms with Crippen molar-refractivity contribution < 1.29 is 14.7 Å². The van der Waals surface area contributed by atoms with Gasteiger partial charge >= 0.3 is 5.97 Å². The topological polar surface area (TPSA) is 69.6 Å². The minimum Gasteiger partial charge on any atom is -0.480 e. The predicted molar refractivity (Wildman–Crippen MR) is 64.1 cm³/mol. The Bertz CT molecular complexity index is 442. The first-order chi connectivity index (χ1) is 8.13. The van der Waals surface area contributed by atoms with Crippen LogP contribution in [0.2, 0.25) is 0 Å². The largest absolute Gasteiger partial charge is 0.480 e. The van der Waals surface area contributed by atoms with Crippen LogP contribution in [0.5, 0.6) is 0 Å². The molecule has 5 nitrogen and oxygen atoms in total. The van der Waals surface area contributed by atoms with Gasteiger partial charge in [0.2, 0.25) is 5.91 Å². The Balaban J connectivity index is 2.29. The molecule has 0 saturated carbocycles. The fourth-order valence-corrected chi connectivity index (χ4v) is 2.03. The zero-order valence-electron chi connectivity index (χ0n) is 9.51. The van der Waals surface area contributed by atoms with E-state index in [2.05, 4.69) is 5.32 Å². The molecule has 1 aliphatic rings. The van der Waals surface area contributed by atoms with Gasteiger partial charge in [0.05, 0.1) is 0 Å². The molecule has 1 aromatic carbocycles. The Morgan fingerprint density at radius 2 is 2.06 bits per heavy atom. The Morgan fingerprint density at radius 1 is 1.41 bits per heavy atom. The number of hydrogen-bond acceptors (Lipinski definition) is 3. The minimum atomic E-state index is -0.950. The molecule has 0 radical (unpaired) electrons. The monoisotopic (exact) mass is 234 g/mol. The Labute approximate surface area is 99.0 Å². The van der Waals surface area contributed by atoms with Crippen molar-refractivity contribution in [2.45, 2.75) is 18.9 Å². The van der Waals surface area contributed by atoms with Crippen LogP contribution in [0.4, 0.5) is 11.4 Å². The number of carboxylic acid groups (broad SMARTS) is 1. The number of nitrogens with one attached hydrogen (secondary N) is 1. The minimum absolute atomic E-state index is 0.130. The first-order valence-corrected chi connectivity index (χ1v) is 5.46. The molecule has 17 heavy (non-hydrogen) atoms. The van der Waals surface area contributed by atoms with E-state index in [0.717, 1.165) is 5.69 Å². The molecule has 2 N–H and O–H groups in total. The summed E-state index contributed by atoms with van der Waals surface area (Å²) >= 11 is 0. The predicted octanol–water partition coefficient (Wildman–Crippen LogP) is 1.31. The van der Waals surface area contributed by atoms with Gasteiger partial charge in [0.15, 0.2) is 0 Å². The molecule has 1 heterocycles. The zero-order chi connectivity index (χ0) is 12.4. The van der Waals surface area contributed by atoms with Gasteiger partial charge in [-0.1, -0.05) is 0 Å². The first kappa shape index (κ1) is 11.4. The lowest BCUT2D eigenvalue weighted by molar-refractivity contribution is -0.138. The van der Waals surface area contributed by atoms with Gasteiger partial charge in [0, 0.05) is 24.8 Å². The highest BCUT2D eigenvalue weighted by atomic mass is 16.4. The van der Waals surface area contributed by atoms with E-state index in [4.69, 9.17) is 5.11 Å². The van der Waals surface area contributed by atoms with Crippen molar-refractivity contribution >= 4 is 23.3 Å². The number of benzene rings is 1. The molecule has 1 unspecified atom stereocenters. The van der Waals surface area contributed by atoms with E-state index in [0.29, 0.717) is 18.5 Å². The fourth-order valence-electron chi connectivity index (χ4n) is 2.03. The average molecular weight is 234 g/mol. The van der Waals surface area contributed by atoms with E-state index in [1.165, 1.54) is 4.90 Å². The van der Waals surface area contributed by atoms with Crippen LogP contribution in [-0.2, 0) is 9.59 Å². The van der Waals surface area contributed by atoms with E-state index in [-0.39, 0.29) is 5.91 Å². The smallest absolute Gasteiger partial charge is 0.326 e. The summed E-state index contributed by atoms with van der Waals surface area (Å²) in [5, 5.41) is 12.0. The summed E-state index contributed by atoms with van der Waals surface area (Å²) in [4.78, 5) is 24.1. The zero-order valence-corrected chi connectivity index (χ0v) is 9.51. The molecule has 0 aliphatic carbocycles. The van der Waals surface area contributed by atoms with Crippen LogP contribution in [-0.4, -0.2) is 30.1 Å². The van der Waals surface area contributed by atoms with Crippen LogP contribution in [0.1, 0.15) is 12.8 Å². The number of rotatable bonds is 3. The number of aliphatic carboxylic acids is 1. The van der Waals surface area contributed by atoms with Crippen molar-refractivity contribution in [1.82, 2.24) is 0 Å². The Morgan fingerprint density at radius 3 is 2.59 bits per heavy atom. The number of hydrogen-bond donors (Lipinski definition) is 2. The second kappa shape index (κ2) is 4.45. The van der Waals surface area contributed by atoms with E-state index < -0.39 is 12.0 Å². The van der Waals surface area contributed by atoms with Gasteiger partial charge < -0.3 is 10.4 Å². The van der Waals surface area contributed by atoms with Gasteiger partial charge in [-0.05, 0) is 30.7 Å². The van der Waals surface area contributed by atoms with E-state index in [1.807, 2.05) is 12.1 Å². The van der Waals surface area contributed by atoms with Crippen LogP contribution in [0.3, 0.4) is 0 Å². The normalized spacial score (nSPS) is 19.5. The first-order valence-electron chi connectivity index (χ1n) is 5.46. The molecule has 0 bridgehead atoms. The molecule has 0 spiro atoms. The van der Waals surface area contributed by atoms with E-state index in [9.17, 15) is 9.59 Å². The number of nitrogens with zero attached hydrogens (tertiary/aromatic N) is 1. The van der Waals surface area contributed by atoms with Gasteiger partial charge in [0.25, 0.3) is 0 Å². The maximum absolute atomic E-state index is 11.7. The van der Waals surface area contributed by atoms with Crippen LogP contribution in [0.15, 0.2) is 24.3 Å². The summed E-state index contributed by atoms with van der Waals surface area (Å²) in [7, 11) is 1.80. The number of amides is 1. The van der Waals surface area contributed by atoms with Gasteiger partial charge in [-0.2, -0.15) is 0 Å². The molecular weight excluding hydrogens is 220 g/mol. The lowest BCUT2D eigenvalue weighted by Gasteiger charge is -2.21.